The van der Waals surface area contributed by atoms with Gasteiger partial charge in [0.25, 0.3) is 0 Å². The average Bonchev–Trinajstić information content (AvgIpc) is 2.76. The van der Waals surface area contributed by atoms with Crippen LogP contribution in [0.15, 0.2) is 42.5 Å². The summed E-state index contributed by atoms with van der Waals surface area (Å²) in [5.74, 6) is -0.185. The topological polar surface area (TPSA) is 44.4 Å². The van der Waals surface area contributed by atoms with Crippen LogP contribution in [0.5, 0.6) is 0 Å². The van der Waals surface area contributed by atoms with Crippen molar-refractivity contribution in [2.75, 3.05) is 29.9 Å². The number of benzene rings is 2. The first kappa shape index (κ1) is 15.8. The van der Waals surface area contributed by atoms with Crippen molar-refractivity contribution in [2.24, 2.45) is 0 Å². The Morgan fingerprint density at radius 3 is 2.92 bits per heavy atom. The molecule has 0 bridgehead atoms. The lowest BCUT2D eigenvalue weighted by atomic mass is 10.1. The molecule has 2 N–H and O–H groups in total. The molecular formula is C20H20FN3O. The summed E-state index contributed by atoms with van der Waals surface area (Å²) in [7, 11) is 0. The molecule has 128 valence electrons. The largest absolute Gasteiger partial charge is 0.364 e. The van der Waals surface area contributed by atoms with Gasteiger partial charge in [0.05, 0.1) is 17.4 Å². The molecule has 1 amide bonds. The number of carbonyl (C=O) groups excluding carboxylic acids is 1. The fraction of sp³-hybridized carbons (Fsp3) is 0.250. The third kappa shape index (κ3) is 3.28. The fourth-order valence-corrected chi connectivity index (χ4v) is 3.47. The lowest BCUT2D eigenvalue weighted by Crippen LogP contribution is -2.51. The summed E-state index contributed by atoms with van der Waals surface area (Å²) in [5.41, 5.74) is 3.42. The van der Waals surface area contributed by atoms with Crippen molar-refractivity contribution in [3.8, 4) is 0 Å². The molecule has 1 atom stereocenters. The molecule has 2 aliphatic heterocycles. The summed E-state index contributed by atoms with van der Waals surface area (Å²) in [6.07, 6.45) is 4.17. The molecule has 2 heterocycles. The molecule has 25 heavy (non-hydrogen) atoms. The van der Waals surface area contributed by atoms with Gasteiger partial charge in [0.1, 0.15) is 5.82 Å². The Bertz CT molecular complexity index is 833. The quantitative estimate of drug-likeness (QED) is 0.828. The van der Waals surface area contributed by atoms with E-state index in [2.05, 4.69) is 21.6 Å². The van der Waals surface area contributed by atoms with Crippen molar-refractivity contribution in [1.82, 2.24) is 5.32 Å². The third-order valence-corrected chi connectivity index (χ3v) is 4.74. The zero-order chi connectivity index (χ0) is 17.2. The highest BCUT2D eigenvalue weighted by atomic mass is 19.1. The van der Waals surface area contributed by atoms with Gasteiger partial charge in [-0.25, -0.2) is 4.39 Å². The van der Waals surface area contributed by atoms with Gasteiger partial charge in [-0.3, -0.25) is 4.79 Å². The fourth-order valence-electron chi connectivity index (χ4n) is 3.47. The minimum absolute atomic E-state index is 0.0482. The number of anilines is 2. The maximum absolute atomic E-state index is 13.8. The normalized spacial score (nSPS) is 20.0. The van der Waals surface area contributed by atoms with E-state index in [0.717, 1.165) is 36.6 Å². The van der Waals surface area contributed by atoms with Gasteiger partial charge in [-0.1, -0.05) is 36.4 Å². The molecule has 0 aromatic heterocycles. The number of hydrogen-bond donors (Lipinski definition) is 2. The molecule has 0 radical (unpaired) electrons. The van der Waals surface area contributed by atoms with Crippen molar-refractivity contribution in [1.29, 1.82) is 0 Å². The molecular weight excluding hydrogens is 317 g/mol. The number of fused-ring (bicyclic) bond motifs is 3. The molecule has 1 unspecified atom stereocenters. The van der Waals surface area contributed by atoms with Crippen molar-refractivity contribution >= 4 is 29.4 Å². The molecule has 2 aliphatic rings. The van der Waals surface area contributed by atoms with Gasteiger partial charge in [-0.15, -0.1) is 0 Å². The van der Waals surface area contributed by atoms with Crippen molar-refractivity contribution in [3.05, 3.63) is 59.4 Å². The van der Waals surface area contributed by atoms with Gasteiger partial charge in [-0.2, -0.15) is 0 Å². The summed E-state index contributed by atoms with van der Waals surface area (Å²) >= 11 is 0. The Morgan fingerprint density at radius 1 is 1.16 bits per heavy atom. The minimum atomic E-state index is -0.233. The number of hydrogen-bond acceptors (Lipinski definition) is 3. The van der Waals surface area contributed by atoms with Crippen LogP contribution in [0, 0.1) is 5.82 Å². The SMILES string of the molecule is O=C1CC2CNCCN2c2cc(/C=C/c3ccccc3F)ccc2N1. The number of piperazine rings is 1. The Balaban J connectivity index is 1.67. The Hall–Kier alpha value is -2.66. The monoisotopic (exact) mass is 337 g/mol. The van der Waals surface area contributed by atoms with Gasteiger partial charge in [0.15, 0.2) is 0 Å². The Labute approximate surface area is 146 Å². The van der Waals surface area contributed by atoms with Crippen LogP contribution >= 0.6 is 0 Å². The molecule has 4 nitrogen and oxygen atoms in total. The standard InChI is InChI=1S/C20H20FN3O/c21-17-4-2-1-3-15(17)7-5-14-6-8-18-19(11-14)24-10-9-22-13-16(24)12-20(25)23-18/h1-8,11,16,22H,9-10,12-13H2,(H,23,25)/b7-5+. The summed E-state index contributed by atoms with van der Waals surface area (Å²) in [6.45, 7) is 2.58. The third-order valence-electron chi connectivity index (χ3n) is 4.74. The summed E-state index contributed by atoms with van der Waals surface area (Å²) in [6, 6.07) is 12.8. The molecule has 1 fully saturated rings. The van der Waals surface area contributed by atoms with E-state index in [0.29, 0.717) is 12.0 Å². The molecule has 4 rings (SSSR count). The van der Waals surface area contributed by atoms with E-state index in [-0.39, 0.29) is 17.8 Å². The lowest BCUT2D eigenvalue weighted by molar-refractivity contribution is -0.116. The van der Waals surface area contributed by atoms with Crippen LogP contribution < -0.4 is 15.5 Å². The van der Waals surface area contributed by atoms with Gasteiger partial charge in [0, 0.05) is 31.6 Å². The number of halogens is 1. The zero-order valence-electron chi connectivity index (χ0n) is 13.8. The van der Waals surface area contributed by atoms with E-state index in [1.165, 1.54) is 6.07 Å². The maximum Gasteiger partial charge on any atom is 0.226 e. The smallest absolute Gasteiger partial charge is 0.226 e. The maximum atomic E-state index is 13.8. The van der Waals surface area contributed by atoms with Crippen LogP contribution in [0.2, 0.25) is 0 Å². The van der Waals surface area contributed by atoms with Crippen LogP contribution in [0.3, 0.4) is 0 Å². The predicted octanol–water partition coefficient (Wildman–Crippen LogP) is 3.12. The van der Waals surface area contributed by atoms with Gasteiger partial charge in [-0.05, 0) is 23.8 Å². The molecule has 2 aromatic rings. The first-order valence-corrected chi connectivity index (χ1v) is 8.54. The molecule has 0 saturated carbocycles. The van der Waals surface area contributed by atoms with Crippen LogP contribution in [-0.4, -0.2) is 31.6 Å². The summed E-state index contributed by atoms with van der Waals surface area (Å²) in [4.78, 5) is 14.4. The number of carbonyl (C=O) groups is 1. The Kier molecular flexibility index (Phi) is 4.24. The van der Waals surface area contributed by atoms with Crippen molar-refractivity contribution in [2.45, 2.75) is 12.5 Å². The second-order valence-corrected chi connectivity index (χ2v) is 6.44. The van der Waals surface area contributed by atoms with Crippen molar-refractivity contribution < 1.29 is 9.18 Å². The molecule has 1 saturated heterocycles. The number of rotatable bonds is 2. The van der Waals surface area contributed by atoms with Crippen molar-refractivity contribution in [3.63, 3.8) is 0 Å². The highest BCUT2D eigenvalue weighted by Gasteiger charge is 2.29. The van der Waals surface area contributed by atoms with Crippen LogP contribution in [0.25, 0.3) is 12.2 Å². The number of nitrogens with zero attached hydrogens (tertiary/aromatic N) is 1. The Morgan fingerprint density at radius 2 is 2.04 bits per heavy atom. The minimum Gasteiger partial charge on any atom is -0.364 e. The van der Waals surface area contributed by atoms with E-state index < -0.39 is 0 Å². The molecule has 2 aromatic carbocycles. The number of nitrogens with one attached hydrogen (secondary N) is 2. The second-order valence-electron chi connectivity index (χ2n) is 6.44. The summed E-state index contributed by atoms with van der Waals surface area (Å²) in [5, 5.41) is 6.35. The zero-order valence-corrected chi connectivity index (χ0v) is 13.8. The molecule has 5 heteroatoms. The second kappa shape index (κ2) is 6.69. The van der Waals surface area contributed by atoms with E-state index in [1.54, 1.807) is 18.2 Å². The first-order valence-electron chi connectivity index (χ1n) is 8.54. The van der Waals surface area contributed by atoms with E-state index in [4.69, 9.17) is 0 Å². The van der Waals surface area contributed by atoms with Crippen LogP contribution in [0.1, 0.15) is 17.5 Å². The molecule has 0 aliphatic carbocycles. The molecule has 0 spiro atoms. The van der Waals surface area contributed by atoms with E-state index >= 15 is 0 Å². The predicted molar refractivity (Wildman–Crippen MR) is 99.0 cm³/mol. The van der Waals surface area contributed by atoms with E-state index in [9.17, 15) is 9.18 Å². The van der Waals surface area contributed by atoms with E-state index in [1.807, 2.05) is 24.3 Å². The van der Waals surface area contributed by atoms with Gasteiger partial charge in [0.2, 0.25) is 5.91 Å². The van der Waals surface area contributed by atoms with Crippen LogP contribution in [-0.2, 0) is 4.79 Å². The first-order chi connectivity index (χ1) is 12.2. The highest BCUT2D eigenvalue weighted by molar-refractivity contribution is 5.97. The van der Waals surface area contributed by atoms with Gasteiger partial charge >= 0.3 is 0 Å². The van der Waals surface area contributed by atoms with Crippen LogP contribution in [0.4, 0.5) is 15.8 Å². The number of amides is 1. The average molecular weight is 337 g/mol. The highest BCUT2D eigenvalue weighted by Crippen LogP contribution is 2.33. The summed E-state index contributed by atoms with van der Waals surface area (Å²) < 4.78 is 13.8. The van der Waals surface area contributed by atoms with Gasteiger partial charge < -0.3 is 15.5 Å². The lowest BCUT2D eigenvalue weighted by Gasteiger charge is -2.36.